The Balaban J connectivity index is 0.755. The first-order chi connectivity index (χ1) is 38.9. The van der Waals surface area contributed by atoms with E-state index in [0.29, 0.717) is 30.8 Å². The van der Waals surface area contributed by atoms with Crippen molar-refractivity contribution in [3.8, 4) is 12.3 Å². The number of hydrogen-bond donors (Lipinski definition) is 4. The average Bonchev–Trinajstić information content (AvgIpc) is 4.51. The van der Waals surface area contributed by atoms with Crippen LogP contribution in [0.5, 0.6) is 0 Å². The van der Waals surface area contributed by atoms with Crippen LogP contribution in [0.3, 0.4) is 0 Å². The van der Waals surface area contributed by atoms with E-state index in [-0.39, 0.29) is 110 Å². The summed E-state index contributed by atoms with van der Waals surface area (Å²) in [5.41, 5.74) is 4.11. The van der Waals surface area contributed by atoms with Crippen molar-refractivity contribution in [1.29, 1.82) is 0 Å². The number of nitrogens with zero attached hydrogens (tertiary/aromatic N) is 3. The molecule has 0 radical (unpaired) electrons. The fourth-order valence-corrected chi connectivity index (χ4v) is 11.9. The number of amides is 6. The molecule has 422 valence electrons. The van der Waals surface area contributed by atoms with Crippen molar-refractivity contribution in [1.82, 2.24) is 36.0 Å². The van der Waals surface area contributed by atoms with Crippen LogP contribution < -0.4 is 21.3 Å². The second-order valence-electron chi connectivity index (χ2n) is 23.0. The van der Waals surface area contributed by atoms with Crippen LogP contribution in [0.15, 0.2) is 115 Å². The summed E-state index contributed by atoms with van der Waals surface area (Å²) in [5, 5.41) is 12.7. The number of likely N-dealkylation sites (tertiary alicyclic amines) is 2. The molecular formula is C65H79N7O8. The van der Waals surface area contributed by atoms with Gasteiger partial charge in [0.25, 0.3) is 11.8 Å². The summed E-state index contributed by atoms with van der Waals surface area (Å²) in [4.78, 5) is 101. The number of hydrogen-bond acceptors (Lipinski definition) is 9. The highest BCUT2D eigenvalue weighted by Gasteiger charge is 2.50. The molecule has 4 aromatic carbocycles. The van der Waals surface area contributed by atoms with Crippen molar-refractivity contribution in [2.75, 3.05) is 59.5 Å². The van der Waals surface area contributed by atoms with E-state index in [2.05, 4.69) is 63.6 Å². The van der Waals surface area contributed by atoms with Gasteiger partial charge in [0, 0.05) is 79.7 Å². The number of nitrogens with one attached hydrogen (secondary N) is 4. The highest BCUT2D eigenvalue weighted by atomic mass is 16.5. The van der Waals surface area contributed by atoms with Gasteiger partial charge < -0.3 is 35.8 Å². The van der Waals surface area contributed by atoms with Gasteiger partial charge in [0.05, 0.1) is 43.4 Å². The molecule has 2 heterocycles. The number of terminal acetylenes is 1. The maximum atomic E-state index is 14.3. The second-order valence-corrected chi connectivity index (χ2v) is 23.0. The van der Waals surface area contributed by atoms with Gasteiger partial charge in [-0.3, -0.25) is 38.5 Å². The van der Waals surface area contributed by atoms with Crippen LogP contribution in [0.25, 0.3) is 0 Å². The Labute approximate surface area is 471 Å². The van der Waals surface area contributed by atoms with Crippen molar-refractivity contribution >= 4 is 41.4 Å². The summed E-state index contributed by atoms with van der Waals surface area (Å²) in [6.07, 6.45) is 18.1. The number of benzene rings is 4. The molecule has 6 amide bonds. The predicted octanol–water partition coefficient (Wildman–Crippen LogP) is 7.21. The molecule has 2 aliphatic heterocycles. The standard InChI is InChI=1S/C65H79N7O8/c1-3-34-70(2)43-59(73)80-35-22-11-9-7-5-4-6-8-10-21-33-66-60(74)52-39-71(40-53(52)61(75)67-56-36-49(56)44-23-15-12-16-24-44)64(78)47-29-31-48(32-30-47)65(79)72-41-54(62(76)68-57-37-50(57)45-25-17-13-18-26-45)55(42-72)63(77)69-58-38-51(58)46-27-19-14-20-28-46/h1,12-20,23-32,49-58H,4-11,21-22,33-43H2,2H3,(H,66,74)(H,67,75)(H,68,76)(H,69,77)/t49-,50-,51-,52-,53-,54-,55-,56+,57+,58+/m1/s1. The Morgan fingerprint density at radius 2 is 0.850 bits per heavy atom. The number of carbonyl (C=O) groups excluding carboxylic acids is 7. The molecule has 80 heavy (non-hydrogen) atoms. The Morgan fingerprint density at radius 3 is 1.23 bits per heavy atom. The normalized spacial score (nSPS) is 24.3. The van der Waals surface area contributed by atoms with Crippen LogP contribution in [0, 0.1) is 36.0 Å². The van der Waals surface area contributed by atoms with Gasteiger partial charge >= 0.3 is 5.97 Å². The fraction of sp³-hybridized carbons (Fsp3) is 0.492. The molecule has 5 fully saturated rings. The lowest BCUT2D eigenvalue weighted by Crippen LogP contribution is -2.43. The summed E-state index contributed by atoms with van der Waals surface area (Å²) >= 11 is 0. The van der Waals surface area contributed by atoms with Crippen molar-refractivity contribution in [3.05, 3.63) is 143 Å². The van der Waals surface area contributed by atoms with Gasteiger partial charge in [0.15, 0.2) is 0 Å². The van der Waals surface area contributed by atoms with Gasteiger partial charge in [-0.2, -0.15) is 0 Å². The molecule has 15 heteroatoms. The smallest absolute Gasteiger partial charge is 0.320 e. The molecule has 3 saturated carbocycles. The highest BCUT2D eigenvalue weighted by molar-refractivity contribution is 6.00. The summed E-state index contributed by atoms with van der Waals surface area (Å²) in [5.74, 6) is -1.72. The average molecular weight is 1090 g/mol. The maximum absolute atomic E-state index is 14.3. The van der Waals surface area contributed by atoms with E-state index >= 15 is 0 Å². The number of unbranched alkanes of at least 4 members (excludes halogenated alkanes) is 9. The maximum Gasteiger partial charge on any atom is 0.320 e. The molecule has 0 unspecified atom stereocenters. The Kier molecular flexibility index (Phi) is 19.9. The zero-order valence-corrected chi connectivity index (χ0v) is 46.3. The van der Waals surface area contributed by atoms with Gasteiger partial charge in [-0.1, -0.05) is 148 Å². The third kappa shape index (κ3) is 15.5. The molecular weight excluding hydrogens is 1010 g/mol. The van der Waals surface area contributed by atoms with Crippen LogP contribution in [0.1, 0.15) is 139 Å². The summed E-state index contributed by atoms with van der Waals surface area (Å²) < 4.78 is 5.31. The number of likely N-dealkylation sites (N-methyl/N-ethyl adjacent to an activating group) is 1. The topological polar surface area (TPSA) is 187 Å². The molecule has 2 saturated heterocycles. The quantitative estimate of drug-likeness (QED) is 0.0259. The first-order valence-corrected chi connectivity index (χ1v) is 29.3. The minimum atomic E-state index is -0.741. The van der Waals surface area contributed by atoms with Crippen molar-refractivity contribution in [3.63, 3.8) is 0 Å². The SMILES string of the molecule is C#CCN(C)CC(=O)OCCCCCCCCCCCCNC(=O)[C@@H]1CN(C(=O)c2ccc(C(=O)N3C[C@@H](C(=O)N[C@H]4C[C@@H]4c4ccccc4)[C@H](C(=O)N[C@H]4C[C@@H]4c4ccccc4)C3)cc2)C[C@H]1C(=O)N[C@H]1C[C@@H]1c1ccccc1. The van der Waals surface area contributed by atoms with E-state index in [1.54, 1.807) is 46.0 Å². The van der Waals surface area contributed by atoms with Gasteiger partial charge in [-0.25, -0.2) is 0 Å². The molecule has 5 aliphatic rings. The molecule has 0 spiro atoms. The van der Waals surface area contributed by atoms with Crippen molar-refractivity contribution in [2.24, 2.45) is 23.7 Å². The summed E-state index contributed by atoms with van der Waals surface area (Å²) in [6.45, 7) is 1.83. The Morgan fingerprint density at radius 1 is 0.500 bits per heavy atom. The number of ether oxygens (including phenoxy) is 1. The van der Waals surface area contributed by atoms with E-state index in [4.69, 9.17) is 11.2 Å². The van der Waals surface area contributed by atoms with Gasteiger partial charge in [-0.05, 0) is 80.1 Å². The molecule has 3 aliphatic carbocycles. The molecule has 4 aromatic rings. The predicted molar refractivity (Wildman–Crippen MR) is 306 cm³/mol. The Bertz CT molecular complexity index is 2730. The molecule has 9 rings (SSSR count). The number of carbonyl (C=O) groups is 7. The Hall–Kier alpha value is -7.31. The lowest BCUT2D eigenvalue weighted by atomic mass is 9.94. The monoisotopic (exact) mass is 1090 g/mol. The van der Waals surface area contributed by atoms with E-state index in [1.165, 1.54) is 0 Å². The van der Waals surface area contributed by atoms with Crippen LogP contribution in [-0.2, 0) is 28.7 Å². The van der Waals surface area contributed by atoms with Gasteiger partial charge in [0.1, 0.15) is 0 Å². The van der Waals surface area contributed by atoms with Gasteiger partial charge in [0.2, 0.25) is 23.6 Å². The molecule has 10 atom stereocenters. The van der Waals surface area contributed by atoms with Crippen LogP contribution in [0.2, 0.25) is 0 Å². The highest BCUT2D eigenvalue weighted by Crippen LogP contribution is 2.44. The molecule has 4 N–H and O–H groups in total. The van der Waals surface area contributed by atoms with E-state index < -0.39 is 23.7 Å². The van der Waals surface area contributed by atoms with Crippen molar-refractivity contribution in [2.45, 2.75) is 119 Å². The molecule has 0 aromatic heterocycles. The zero-order chi connectivity index (χ0) is 56.0. The van der Waals surface area contributed by atoms with Gasteiger partial charge in [-0.15, -0.1) is 6.42 Å². The lowest BCUT2D eigenvalue weighted by Gasteiger charge is -2.18. The van der Waals surface area contributed by atoms with E-state index in [1.807, 2.05) is 54.6 Å². The second kappa shape index (κ2) is 27.7. The van der Waals surface area contributed by atoms with Crippen LogP contribution in [0.4, 0.5) is 0 Å². The number of rotatable bonds is 28. The third-order valence-electron chi connectivity index (χ3n) is 16.9. The minimum absolute atomic E-state index is 0.0411. The summed E-state index contributed by atoms with van der Waals surface area (Å²) in [7, 11) is 1.79. The molecule has 15 nitrogen and oxygen atoms in total. The lowest BCUT2D eigenvalue weighted by molar-refractivity contribution is -0.144. The molecule has 0 bridgehead atoms. The minimum Gasteiger partial charge on any atom is -0.465 e. The van der Waals surface area contributed by atoms with E-state index in [0.717, 1.165) is 100 Å². The van der Waals surface area contributed by atoms with Crippen molar-refractivity contribution < 1.29 is 38.3 Å². The first-order valence-electron chi connectivity index (χ1n) is 29.3. The zero-order valence-electron chi connectivity index (χ0n) is 46.3. The first kappa shape index (κ1) is 57.4. The van der Waals surface area contributed by atoms with E-state index in [9.17, 15) is 33.6 Å². The summed E-state index contributed by atoms with van der Waals surface area (Å²) in [6, 6.07) is 36.4. The van der Waals surface area contributed by atoms with Crippen LogP contribution >= 0.6 is 0 Å². The number of esters is 1. The fourth-order valence-electron chi connectivity index (χ4n) is 11.9. The largest absolute Gasteiger partial charge is 0.465 e. The van der Waals surface area contributed by atoms with Crippen LogP contribution in [-0.4, -0.2) is 134 Å². The third-order valence-corrected chi connectivity index (χ3v) is 16.9.